The van der Waals surface area contributed by atoms with Gasteiger partial charge in [0.05, 0.1) is 11.6 Å². The van der Waals surface area contributed by atoms with Crippen LogP contribution < -0.4 is 4.74 Å². The van der Waals surface area contributed by atoms with Crippen LogP contribution >= 0.6 is 11.6 Å². The maximum atomic E-state index is 13.9. The fraction of sp³-hybridized carbons (Fsp3) is 0.594. The number of unbranched alkanes of at least 4 members (excludes halogenated alkanes) is 6. The third-order valence-electron chi connectivity index (χ3n) is 7.43. The highest BCUT2D eigenvalue weighted by atomic mass is 35.5. The van der Waals surface area contributed by atoms with Gasteiger partial charge in [0, 0.05) is 0 Å². The summed E-state index contributed by atoms with van der Waals surface area (Å²) in [6, 6.07) is 14.7. The zero-order valence-corrected chi connectivity index (χ0v) is 23.4. The van der Waals surface area contributed by atoms with Crippen LogP contribution in [0.1, 0.15) is 109 Å². The van der Waals surface area contributed by atoms with Crippen molar-refractivity contribution in [3.8, 4) is 16.9 Å². The van der Waals surface area contributed by atoms with Crippen LogP contribution in [-0.4, -0.2) is 24.9 Å². The minimum Gasteiger partial charge on any atom is -0.492 e. The number of carbonyl (C=O) groups is 1. The van der Waals surface area contributed by atoms with E-state index < -0.39 is 12.1 Å². The Labute approximate surface area is 228 Å². The molecular formula is C32H44ClFO3. The first-order valence-electron chi connectivity index (χ1n) is 14.4. The molecule has 2 aromatic rings. The summed E-state index contributed by atoms with van der Waals surface area (Å²) in [4.78, 5) is 12.0. The lowest BCUT2D eigenvalue weighted by Crippen LogP contribution is -2.28. The first-order chi connectivity index (χ1) is 18.0. The van der Waals surface area contributed by atoms with Gasteiger partial charge in [-0.2, -0.15) is 0 Å². The van der Waals surface area contributed by atoms with Crippen LogP contribution in [0.5, 0.6) is 5.75 Å². The Balaban J connectivity index is 1.45. The molecule has 1 atom stereocenters. The molecule has 0 bridgehead atoms. The molecule has 3 nitrogen and oxygen atoms in total. The number of ether oxygens (including phenoxy) is 2. The Morgan fingerprint density at radius 2 is 1.54 bits per heavy atom. The number of halogens is 2. The van der Waals surface area contributed by atoms with Crippen molar-refractivity contribution in [2.75, 3.05) is 6.61 Å². The number of hydrogen-bond acceptors (Lipinski definition) is 3. The second-order valence-electron chi connectivity index (χ2n) is 10.4. The van der Waals surface area contributed by atoms with Gasteiger partial charge in [-0.3, -0.25) is 0 Å². The molecule has 1 aliphatic rings. The lowest BCUT2D eigenvalue weighted by molar-refractivity contribution is -0.157. The minimum atomic E-state index is -1.49. The van der Waals surface area contributed by atoms with Crippen LogP contribution in [0, 0.1) is 0 Å². The van der Waals surface area contributed by atoms with E-state index in [9.17, 15) is 9.18 Å². The maximum Gasteiger partial charge on any atom is 0.340 e. The van der Waals surface area contributed by atoms with Gasteiger partial charge in [0.2, 0.25) is 0 Å². The van der Waals surface area contributed by atoms with Crippen LogP contribution in [0.3, 0.4) is 0 Å². The first-order valence-corrected chi connectivity index (χ1v) is 14.8. The van der Waals surface area contributed by atoms with E-state index in [-0.39, 0.29) is 12.5 Å². The van der Waals surface area contributed by atoms with Gasteiger partial charge in [-0.15, -0.1) is 0 Å². The number of alkyl halides is 1. The monoisotopic (exact) mass is 530 g/mol. The molecule has 0 aromatic heterocycles. The lowest BCUT2D eigenvalue weighted by Gasteiger charge is -2.29. The van der Waals surface area contributed by atoms with Gasteiger partial charge in [0.1, 0.15) is 11.9 Å². The molecule has 3 rings (SSSR count). The number of esters is 1. The number of benzene rings is 2. The third kappa shape index (κ3) is 9.63. The summed E-state index contributed by atoms with van der Waals surface area (Å²) in [5, 5.41) is 0.644. The molecule has 0 saturated heterocycles. The lowest BCUT2D eigenvalue weighted by atomic mass is 9.82. The molecule has 0 spiro atoms. The van der Waals surface area contributed by atoms with E-state index in [0.717, 1.165) is 55.4 Å². The fourth-order valence-electron chi connectivity index (χ4n) is 5.06. The molecule has 0 unspecified atom stereocenters. The van der Waals surface area contributed by atoms with Gasteiger partial charge in [-0.25, -0.2) is 9.18 Å². The van der Waals surface area contributed by atoms with Crippen molar-refractivity contribution in [3.05, 3.63) is 53.1 Å². The Bertz CT molecular complexity index is 938. The van der Waals surface area contributed by atoms with Gasteiger partial charge in [-0.1, -0.05) is 101 Å². The molecule has 0 amide bonds. The van der Waals surface area contributed by atoms with E-state index >= 15 is 0 Å². The first kappa shape index (κ1) is 29.5. The van der Waals surface area contributed by atoms with Gasteiger partial charge < -0.3 is 9.47 Å². The topological polar surface area (TPSA) is 35.5 Å². The predicted octanol–water partition coefficient (Wildman–Crippen LogP) is 9.84. The average molecular weight is 531 g/mol. The molecule has 0 radical (unpaired) electrons. The Morgan fingerprint density at radius 3 is 2.22 bits per heavy atom. The maximum absolute atomic E-state index is 13.9. The number of rotatable bonds is 15. The van der Waals surface area contributed by atoms with Crippen molar-refractivity contribution < 1.29 is 18.7 Å². The van der Waals surface area contributed by atoms with Crippen molar-refractivity contribution in [1.29, 1.82) is 0 Å². The second-order valence-corrected chi connectivity index (χ2v) is 10.8. The van der Waals surface area contributed by atoms with E-state index in [0.29, 0.717) is 24.0 Å². The summed E-state index contributed by atoms with van der Waals surface area (Å²) in [6.45, 7) is 4.93. The normalized spacial score (nSPS) is 18.4. The quantitative estimate of drug-likeness (QED) is 0.170. The zero-order valence-electron chi connectivity index (χ0n) is 22.7. The summed E-state index contributed by atoms with van der Waals surface area (Å²) in [5.74, 6) is 0.503. The van der Waals surface area contributed by atoms with Crippen molar-refractivity contribution in [1.82, 2.24) is 0 Å². The largest absolute Gasteiger partial charge is 0.492 e. The predicted molar refractivity (Wildman–Crippen MR) is 151 cm³/mol. The summed E-state index contributed by atoms with van der Waals surface area (Å²) in [5.41, 5.74) is 3.49. The van der Waals surface area contributed by atoms with E-state index in [4.69, 9.17) is 21.1 Å². The van der Waals surface area contributed by atoms with Crippen LogP contribution in [0.2, 0.25) is 5.02 Å². The van der Waals surface area contributed by atoms with Crippen LogP contribution in [0.15, 0.2) is 42.5 Å². The van der Waals surface area contributed by atoms with Crippen molar-refractivity contribution >= 4 is 17.6 Å². The standard InChI is InChI=1S/C32H44ClFO3/c1-3-5-7-8-9-10-22-36-31-21-18-27(23-29(31)33)26-14-12-24(13-15-26)25-16-19-28(20-17-25)37-32(35)30(34)11-6-4-2/h12-15,18,21,23,25,28,30H,3-11,16-17,19-20,22H2,1-2H3/t25-,28-,30-/m0/s1. The average Bonchev–Trinajstić information content (AvgIpc) is 2.92. The Kier molecular flexibility index (Phi) is 12.8. The molecule has 0 heterocycles. The Morgan fingerprint density at radius 1 is 0.892 bits per heavy atom. The molecule has 5 heteroatoms. The second kappa shape index (κ2) is 16.0. The number of carbonyl (C=O) groups excluding carboxylic acids is 1. The molecule has 1 aliphatic carbocycles. The van der Waals surface area contributed by atoms with Crippen molar-refractivity contribution in [2.24, 2.45) is 0 Å². The zero-order chi connectivity index (χ0) is 26.5. The van der Waals surface area contributed by atoms with Crippen LogP contribution in [0.4, 0.5) is 4.39 Å². The summed E-state index contributed by atoms with van der Waals surface area (Å²) in [6.07, 6.45) is 11.1. The molecule has 0 N–H and O–H groups in total. The smallest absolute Gasteiger partial charge is 0.340 e. The van der Waals surface area contributed by atoms with Gasteiger partial charge in [0.15, 0.2) is 6.17 Å². The van der Waals surface area contributed by atoms with Crippen molar-refractivity contribution in [2.45, 2.75) is 116 Å². The Hall–Kier alpha value is -2.07. The van der Waals surface area contributed by atoms with Crippen LogP contribution in [0.25, 0.3) is 11.1 Å². The molecule has 1 saturated carbocycles. The van der Waals surface area contributed by atoms with Gasteiger partial charge in [-0.05, 0) is 73.3 Å². The van der Waals surface area contributed by atoms with Gasteiger partial charge in [0.25, 0.3) is 0 Å². The highest BCUT2D eigenvalue weighted by Crippen LogP contribution is 2.36. The van der Waals surface area contributed by atoms with E-state index in [2.05, 4.69) is 37.3 Å². The molecule has 0 aliphatic heterocycles. The SMILES string of the molecule is CCCCCCCCOc1ccc(-c2ccc([C@H]3CC[C@H](OC(=O)[C@@H](F)CCCC)CC3)cc2)cc1Cl. The van der Waals surface area contributed by atoms with Crippen LogP contribution in [-0.2, 0) is 9.53 Å². The fourth-order valence-corrected chi connectivity index (χ4v) is 5.30. The highest BCUT2D eigenvalue weighted by molar-refractivity contribution is 6.32. The van der Waals surface area contributed by atoms with Crippen molar-refractivity contribution in [3.63, 3.8) is 0 Å². The summed E-state index contributed by atoms with van der Waals surface area (Å²) < 4.78 is 25.3. The molecule has 2 aromatic carbocycles. The minimum absolute atomic E-state index is 0.160. The molecule has 1 fully saturated rings. The summed E-state index contributed by atoms with van der Waals surface area (Å²) in [7, 11) is 0. The molecule has 37 heavy (non-hydrogen) atoms. The third-order valence-corrected chi connectivity index (χ3v) is 7.72. The van der Waals surface area contributed by atoms with E-state index in [1.165, 1.54) is 37.7 Å². The van der Waals surface area contributed by atoms with E-state index in [1.807, 2.05) is 19.1 Å². The van der Waals surface area contributed by atoms with Gasteiger partial charge >= 0.3 is 5.97 Å². The number of hydrogen-bond donors (Lipinski definition) is 0. The van der Waals surface area contributed by atoms with E-state index in [1.54, 1.807) is 0 Å². The summed E-state index contributed by atoms with van der Waals surface area (Å²) >= 11 is 6.52. The molecular weight excluding hydrogens is 487 g/mol. The molecule has 204 valence electrons. The highest BCUT2D eigenvalue weighted by Gasteiger charge is 2.27.